The molecule has 2 aromatic carbocycles. The summed E-state index contributed by atoms with van der Waals surface area (Å²) >= 11 is 1.49. The quantitative estimate of drug-likeness (QED) is 0.364. The van der Waals surface area contributed by atoms with E-state index in [2.05, 4.69) is 37.9 Å². The molecule has 0 aliphatic rings. The predicted molar refractivity (Wildman–Crippen MR) is 132 cm³/mol. The van der Waals surface area contributed by atoms with Gasteiger partial charge >= 0.3 is 6.15 Å². The number of carbonyl (C=O) groups is 1. The van der Waals surface area contributed by atoms with E-state index in [-0.39, 0.29) is 29.6 Å². The summed E-state index contributed by atoms with van der Waals surface area (Å²) in [6.45, 7) is 12.5. The first-order valence-corrected chi connectivity index (χ1v) is 11.4. The van der Waals surface area contributed by atoms with Crippen LogP contribution in [0.4, 0.5) is 0 Å². The molecular formula is C27H29NO4S. The Kier molecular flexibility index (Phi) is 8.63. The number of carbonyl (C=O) groups excluding carboxylic acids is 3. The number of Topliss-reactive ketones (excluding diaryl/α,β-unsaturated/α-hetero) is 1. The summed E-state index contributed by atoms with van der Waals surface area (Å²) in [5.41, 5.74) is 6.61. The van der Waals surface area contributed by atoms with E-state index in [0.29, 0.717) is 16.8 Å². The molecule has 0 unspecified atom stereocenters. The highest BCUT2D eigenvalue weighted by Crippen LogP contribution is 2.39. The zero-order valence-electron chi connectivity index (χ0n) is 19.9. The van der Waals surface area contributed by atoms with Crippen LogP contribution in [0.25, 0.3) is 10.4 Å². The topological polar surface area (TPSA) is 83.8 Å². The van der Waals surface area contributed by atoms with Gasteiger partial charge in [-0.25, -0.2) is 0 Å². The molecule has 0 radical (unpaired) electrons. The summed E-state index contributed by atoms with van der Waals surface area (Å²) < 4.78 is 0. The second-order valence-corrected chi connectivity index (χ2v) is 9.74. The van der Waals surface area contributed by atoms with E-state index in [1.807, 2.05) is 56.5 Å². The minimum absolute atomic E-state index is 0.0230. The van der Waals surface area contributed by atoms with Crippen LogP contribution in [0.3, 0.4) is 0 Å². The van der Waals surface area contributed by atoms with Crippen molar-refractivity contribution in [1.82, 2.24) is 0 Å². The average molecular weight is 464 g/mol. The number of aromatic hydroxyl groups is 1. The SMILES string of the molecule is CC(=NCC(=O)c1ccc(C)c(C)c1)c1csc(-c2ccc(C(C)(C)C)cc2)c1O.O=C=O. The summed E-state index contributed by atoms with van der Waals surface area (Å²) in [5.74, 6) is 0.202. The van der Waals surface area contributed by atoms with Crippen LogP contribution in [-0.4, -0.2) is 29.3 Å². The first kappa shape index (κ1) is 25.9. The molecule has 1 N–H and O–H groups in total. The van der Waals surface area contributed by atoms with Gasteiger partial charge in [-0.15, -0.1) is 11.3 Å². The molecule has 6 heteroatoms. The molecule has 0 aliphatic carbocycles. The number of thiophene rings is 1. The molecular weight excluding hydrogens is 434 g/mol. The largest absolute Gasteiger partial charge is 0.506 e. The molecule has 172 valence electrons. The number of aryl methyl sites for hydroxylation is 2. The van der Waals surface area contributed by atoms with E-state index >= 15 is 0 Å². The molecule has 0 saturated heterocycles. The van der Waals surface area contributed by atoms with Gasteiger partial charge in [-0.1, -0.05) is 57.2 Å². The lowest BCUT2D eigenvalue weighted by molar-refractivity contribution is -0.191. The summed E-state index contributed by atoms with van der Waals surface area (Å²) in [7, 11) is 0. The molecule has 0 amide bonds. The Morgan fingerprint density at radius 3 is 2.18 bits per heavy atom. The smallest absolute Gasteiger partial charge is 0.373 e. The maximum absolute atomic E-state index is 12.5. The van der Waals surface area contributed by atoms with Gasteiger partial charge < -0.3 is 5.11 Å². The van der Waals surface area contributed by atoms with Crippen molar-refractivity contribution >= 4 is 29.0 Å². The predicted octanol–water partition coefficient (Wildman–Crippen LogP) is 6.14. The van der Waals surface area contributed by atoms with Gasteiger partial charge in [0.15, 0.2) is 5.78 Å². The van der Waals surface area contributed by atoms with Gasteiger partial charge in [0, 0.05) is 22.2 Å². The third-order valence-electron chi connectivity index (χ3n) is 5.46. The van der Waals surface area contributed by atoms with Crippen LogP contribution < -0.4 is 0 Å². The minimum atomic E-state index is -0.0230. The fourth-order valence-corrected chi connectivity index (χ4v) is 4.23. The summed E-state index contributed by atoms with van der Waals surface area (Å²) in [5, 5.41) is 12.7. The molecule has 1 heterocycles. The number of rotatable bonds is 5. The third kappa shape index (κ3) is 6.58. The standard InChI is InChI=1S/C26H29NO2S.CO2/c1-16-7-8-20(13-17(16)2)23(28)14-27-18(3)22-15-30-25(24(22)29)19-9-11-21(12-10-19)26(4,5)6;2-1-3/h7-13,15,29H,14H2,1-6H3;. The molecule has 33 heavy (non-hydrogen) atoms. The third-order valence-corrected chi connectivity index (χ3v) is 6.47. The van der Waals surface area contributed by atoms with Crippen molar-refractivity contribution < 1.29 is 19.5 Å². The first-order chi connectivity index (χ1) is 15.5. The zero-order chi connectivity index (χ0) is 24.8. The number of hydrogen-bond acceptors (Lipinski definition) is 6. The van der Waals surface area contributed by atoms with Crippen molar-refractivity contribution in [3.05, 3.63) is 75.7 Å². The van der Waals surface area contributed by atoms with Gasteiger partial charge in [0.2, 0.25) is 0 Å². The van der Waals surface area contributed by atoms with E-state index in [1.54, 1.807) is 0 Å². The molecule has 0 bridgehead atoms. The number of ketones is 1. The lowest BCUT2D eigenvalue weighted by atomic mass is 9.86. The number of hydrogen-bond donors (Lipinski definition) is 1. The Hall–Kier alpha value is -3.34. The monoisotopic (exact) mass is 463 g/mol. The molecule has 0 saturated carbocycles. The van der Waals surface area contributed by atoms with Crippen molar-refractivity contribution in [1.29, 1.82) is 0 Å². The lowest BCUT2D eigenvalue weighted by Crippen LogP contribution is -2.10. The van der Waals surface area contributed by atoms with E-state index < -0.39 is 0 Å². The van der Waals surface area contributed by atoms with Crippen molar-refractivity contribution in [3.8, 4) is 16.2 Å². The highest BCUT2D eigenvalue weighted by Gasteiger charge is 2.17. The van der Waals surface area contributed by atoms with Gasteiger partial charge in [0.05, 0.1) is 4.88 Å². The number of aliphatic imine (C=N–C) groups is 1. The zero-order valence-corrected chi connectivity index (χ0v) is 20.7. The highest BCUT2D eigenvalue weighted by atomic mass is 32.1. The molecule has 0 fully saturated rings. The average Bonchev–Trinajstić information content (AvgIpc) is 3.15. The van der Waals surface area contributed by atoms with Crippen molar-refractivity contribution in [2.75, 3.05) is 6.54 Å². The maximum Gasteiger partial charge on any atom is 0.373 e. The Labute approximate surface area is 198 Å². The number of benzene rings is 2. The second kappa shape index (κ2) is 11.0. The lowest BCUT2D eigenvalue weighted by Gasteiger charge is -2.19. The number of nitrogens with zero attached hydrogens (tertiary/aromatic N) is 1. The maximum atomic E-state index is 12.5. The Morgan fingerprint density at radius 1 is 1.03 bits per heavy atom. The summed E-state index contributed by atoms with van der Waals surface area (Å²) in [6.07, 6.45) is 0.250. The molecule has 0 atom stereocenters. The van der Waals surface area contributed by atoms with E-state index in [4.69, 9.17) is 9.59 Å². The van der Waals surface area contributed by atoms with Crippen LogP contribution >= 0.6 is 11.3 Å². The van der Waals surface area contributed by atoms with Crippen LogP contribution in [0, 0.1) is 13.8 Å². The Balaban J connectivity index is 0.00000122. The molecule has 5 nitrogen and oxygen atoms in total. The van der Waals surface area contributed by atoms with Gasteiger partial charge in [0.1, 0.15) is 12.3 Å². The van der Waals surface area contributed by atoms with Crippen LogP contribution in [0.1, 0.15) is 60.3 Å². The van der Waals surface area contributed by atoms with E-state index in [0.717, 1.165) is 21.6 Å². The van der Waals surface area contributed by atoms with Crippen molar-refractivity contribution in [2.45, 2.75) is 47.0 Å². The van der Waals surface area contributed by atoms with Gasteiger partial charge in [-0.05, 0) is 54.5 Å². The fourth-order valence-electron chi connectivity index (χ4n) is 3.22. The Morgan fingerprint density at radius 2 is 1.64 bits per heavy atom. The summed E-state index contributed by atoms with van der Waals surface area (Å²) in [6, 6.07) is 14.0. The fraction of sp³-hybridized carbons (Fsp3) is 0.296. The van der Waals surface area contributed by atoms with E-state index in [9.17, 15) is 9.90 Å². The molecule has 1 aromatic heterocycles. The first-order valence-electron chi connectivity index (χ1n) is 10.5. The highest BCUT2D eigenvalue weighted by molar-refractivity contribution is 7.14. The molecule has 0 aliphatic heterocycles. The molecule has 0 spiro atoms. The second-order valence-electron chi connectivity index (χ2n) is 8.86. The van der Waals surface area contributed by atoms with E-state index in [1.165, 1.54) is 16.9 Å². The van der Waals surface area contributed by atoms with Crippen molar-refractivity contribution in [2.24, 2.45) is 4.99 Å². The van der Waals surface area contributed by atoms with Gasteiger partial charge in [-0.2, -0.15) is 9.59 Å². The minimum Gasteiger partial charge on any atom is -0.506 e. The molecule has 3 rings (SSSR count). The van der Waals surface area contributed by atoms with Crippen LogP contribution in [0.2, 0.25) is 0 Å². The van der Waals surface area contributed by atoms with Crippen LogP contribution in [0.15, 0.2) is 52.8 Å². The van der Waals surface area contributed by atoms with Crippen LogP contribution in [-0.2, 0) is 15.0 Å². The van der Waals surface area contributed by atoms with Crippen LogP contribution in [0.5, 0.6) is 5.75 Å². The molecule has 3 aromatic rings. The normalized spacial score (nSPS) is 11.4. The van der Waals surface area contributed by atoms with Gasteiger partial charge in [0.25, 0.3) is 0 Å². The summed E-state index contributed by atoms with van der Waals surface area (Å²) in [4.78, 5) is 34.0. The van der Waals surface area contributed by atoms with Gasteiger partial charge in [-0.3, -0.25) is 9.79 Å². The van der Waals surface area contributed by atoms with Crippen molar-refractivity contribution in [3.63, 3.8) is 0 Å². The Bertz CT molecular complexity index is 1190.